The molecule has 132 valence electrons. The highest BCUT2D eigenvalue weighted by Gasteiger charge is 2.25. The quantitative estimate of drug-likeness (QED) is 0.794. The zero-order chi connectivity index (χ0) is 18.4. The van der Waals surface area contributed by atoms with Gasteiger partial charge in [0, 0.05) is 0 Å². The van der Waals surface area contributed by atoms with Crippen LogP contribution in [0.25, 0.3) is 0 Å². The molecule has 0 bridgehead atoms. The number of anilines is 1. The van der Waals surface area contributed by atoms with Gasteiger partial charge in [-0.25, -0.2) is 4.79 Å². The number of rotatable bonds is 6. The van der Waals surface area contributed by atoms with E-state index in [-0.39, 0.29) is 5.56 Å². The van der Waals surface area contributed by atoms with Crippen LogP contribution < -0.4 is 14.8 Å². The summed E-state index contributed by atoms with van der Waals surface area (Å²) in [7, 11) is 2.86. The van der Waals surface area contributed by atoms with Gasteiger partial charge in [-0.15, -0.1) is 0 Å². The summed E-state index contributed by atoms with van der Waals surface area (Å²) >= 11 is 6.00. The van der Waals surface area contributed by atoms with E-state index in [9.17, 15) is 9.59 Å². The Morgan fingerprint density at radius 1 is 1.00 bits per heavy atom. The van der Waals surface area contributed by atoms with Crippen LogP contribution in [0.3, 0.4) is 0 Å². The van der Waals surface area contributed by atoms with Gasteiger partial charge >= 0.3 is 5.97 Å². The molecule has 1 amide bonds. The van der Waals surface area contributed by atoms with Crippen LogP contribution in [-0.2, 0) is 9.53 Å². The van der Waals surface area contributed by atoms with Crippen LogP contribution >= 0.6 is 11.6 Å². The average molecular weight is 364 g/mol. The third-order valence-corrected chi connectivity index (χ3v) is 3.75. The fraction of sp³-hybridized carbons (Fsp3) is 0.222. The van der Waals surface area contributed by atoms with Crippen molar-refractivity contribution in [2.45, 2.75) is 13.0 Å². The van der Waals surface area contributed by atoms with E-state index < -0.39 is 18.0 Å². The first-order chi connectivity index (χ1) is 12.0. The van der Waals surface area contributed by atoms with Crippen LogP contribution in [0.4, 0.5) is 5.69 Å². The van der Waals surface area contributed by atoms with E-state index in [0.29, 0.717) is 22.2 Å². The number of methoxy groups -OCH3 is 2. The summed E-state index contributed by atoms with van der Waals surface area (Å²) in [5, 5.41) is 3.00. The van der Waals surface area contributed by atoms with Crippen molar-refractivity contribution in [2.75, 3.05) is 19.5 Å². The molecular formula is C18H18ClNO5. The zero-order valence-corrected chi connectivity index (χ0v) is 14.8. The van der Waals surface area contributed by atoms with Crippen molar-refractivity contribution in [3.05, 3.63) is 53.1 Å². The second-order valence-corrected chi connectivity index (χ2v) is 5.46. The van der Waals surface area contributed by atoms with Gasteiger partial charge in [-0.1, -0.05) is 29.8 Å². The van der Waals surface area contributed by atoms with E-state index >= 15 is 0 Å². The van der Waals surface area contributed by atoms with Crippen molar-refractivity contribution in [3.63, 3.8) is 0 Å². The molecule has 2 rings (SSSR count). The number of carbonyl (C=O) groups is 2. The van der Waals surface area contributed by atoms with Gasteiger partial charge in [-0.2, -0.15) is 0 Å². The maximum absolute atomic E-state index is 12.5. The van der Waals surface area contributed by atoms with Crippen molar-refractivity contribution in [2.24, 2.45) is 0 Å². The number of benzene rings is 2. The van der Waals surface area contributed by atoms with Gasteiger partial charge in [0.25, 0.3) is 5.91 Å². The largest absolute Gasteiger partial charge is 0.496 e. The summed E-state index contributed by atoms with van der Waals surface area (Å²) < 4.78 is 15.6. The molecule has 0 spiro atoms. The predicted molar refractivity (Wildman–Crippen MR) is 94.5 cm³/mol. The predicted octanol–water partition coefficient (Wildman–Crippen LogP) is 3.54. The summed E-state index contributed by atoms with van der Waals surface area (Å²) in [6, 6.07) is 11.7. The minimum absolute atomic E-state index is 0.116. The molecule has 25 heavy (non-hydrogen) atoms. The lowest BCUT2D eigenvalue weighted by Crippen LogP contribution is -2.30. The van der Waals surface area contributed by atoms with Crippen LogP contribution in [0.15, 0.2) is 42.5 Å². The Balaban J connectivity index is 2.12. The summed E-state index contributed by atoms with van der Waals surface area (Å²) in [4.78, 5) is 24.7. The highest BCUT2D eigenvalue weighted by atomic mass is 35.5. The SMILES string of the molecule is COc1cccc(OC)c1C(=O)OC(C)C(=O)Nc1ccccc1Cl. The van der Waals surface area contributed by atoms with Crippen LogP contribution in [0.2, 0.25) is 5.02 Å². The monoisotopic (exact) mass is 363 g/mol. The zero-order valence-electron chi connectivity index (χ0n) is 14.0. The van der Waals surface area contributed by atoms with Gasteiger partial charge in [0.1, 0.15) is 17.1 Å². The summed E-state index contributed by atoms with van der Waals surface area (Å²) in [5.41, 5.74) is 0.553. The Bertz CT molecular complexity index is 756. The lowest BCUT2D eigenvalue weighted by atomic mass is 10.1. The standard InChI is InChI=1S/C18H18ClNO5/c1-11(17(21)20-13-8-5-4-7-12(13)19)25-18(22)16-14(23-2)9-6-10-15(16)24-3/h4-11H,1-3H3,(H,20,21). The third-order valence-electron chi connectivity index (χ3n) is 3.42. The summed E-state index contributed by atoms with van der Waals surface area (Å²) in [6.45, 7) is 1.46. The van der Waals surface area contributed by atoms with Crippen LogP contribution in [0.1, 0.15) is 17.3 Å². The topological polar surface area (TPSA) is 73.9 Å². The van der Waals surface area contributed by atoms with Gasteiger partial charge in [0.2, 0.25) is 0 Å². The Labute approximate surface area is 150 Å². The molecule has 0 aliphatic carbocycles. The number of para-hydroxylation sites is 1. The summed E-state index contributed by atoms with van der Waals surface area (Å²) in [6.07, 6.45) is -1.04. The van der Waals surface area contributed by atoms with Crippen molar-refractivity contribution < 1.29 is 23.8 Å². The molecule has 6 nitrogen and oxygen atoms in total. The molecule has 0 saturated heterocycles. The number of nitrogens with one attached hydrogen (secondary N) is 1. The fourth-order valence-electron chi connectivity index (χ4n) is 2.12. The number of hydrogen-bond acceptors (Lipinski definition) is 5. The molecule has 0 aromatic heterocycles. The van der Waals surface area contributed by atoms with E-state index in [1.54, 1.807) is 42.5 Å². The fourth-order valence-corrected chi connectivity index (χ4v) is 2.31. The third kappa shape index (κ3) is 4.42. The minimum Gasteiger partial charge on any atom is -0.496 e. The van der Waals surface area contributed by atoms with Gasteiger partial charge < -0.3 is 19.5 Å². The smallest absolute Gasteiger partial charge is 0.346 e. The first-order valence-electron chi connectivity index (χ1n) is 7.45. The Kier molecular flexibility index (Phi) is 6.25. The van der Waals surface area contributed by atoms with E-state index in [1.165, 1.54) is 21.1 Å². The molecule has 0 aliphatic rings. The maximum Gasteiger partial charge on any atom is 0.346 e. The first-order valence-corrected chi connectivity index (χ1v) is 7.83. The van der Waals surface area contributed by atoms with Crippen LogP contribution in [-0.4, -0.2) is 32.2 Å². The van der Waals surface area contributed by atoms with Crippen LogP contribution in [0.5, 0.6) is 11.5 Å². The molecule has 0 aliphatic heterocycles. The number of carbonyl (C=O) groups excluding carboxylic acids is 2. The first kappa shape index (κ1) is 18.6. The number of esters is 1. The molecule has 1 atom stereocenters. The Morgan fingerprint density at radius 2 is 1.60 bits per heavy atom. The van der Waals surface area contributed by atoms with E-state index in [4.69, 9.17) is 25.8 Å². The number of halogens is 1. The Morgan fingerprint density at radius 3 is 2.16 bits per heavy atom. The molecule has 0 heterocycles. The van der Waals surface area contributed by atoms with E-state index in [0.717, 1.165) is 0 Å². The lowest BCUT2D eigenvalue weighted by molar-refractivity contribution is -0.123. The van der Waals surface area contributed by atoms with Crippen molar-refractivity contribution in [1.82, 2.24) is 0 Å². The van der Waals surface area contributed by atoms with E-state index in [1.807, 2.05) is 0 Å². The normalized spacial score (nSPS) is 11.4. The van der Waals surface area contributed by atoms with E-state index in [2.05, 4.69) is 5.32 Å². The van der Waals surface area contributed by atoms with Crippen molar-refractivity contribution >= 4 is 29.2 Å². The second kappa shape index (κ2) is 8.39. The molecular weight excluding hydrogens is 346 g/mol. The molecule has 1 unspecified atom stereocenters. The van der Waals surface area contributed by atoms with Crippen molar-refractivity contribution in [3.8, 4) is 11.5 Å². The number of amides is 1. The minimum atomic E-state index is -1.04. The maximum atomic E-state index is 12.5. The van der Waals surface area contributed by atoms with Gasteiger partial charge in [-0.05, 0) is 31.2 Å². The molecule has 1 N–H and O–H groups in total. The average Bonchev–Trinajstić information content (AvgIpc) is 2.62. The molecule has 2 aromatic carbocycles. The molecule has 0 fully saturated rings. The van der Waals surface area contributed by atoms with Crippen LogP contribution in [0, 0.1) is 0 Å². The second-order valence-electron chi connectivity index (χ2n) is 5.05. The number of ether oxygens (including phenoxy) is 3. The molecule has 7 heteroatoms. The molecule has 2 aromatic rings. The summed E-state index contributed by atoms with van der Waals surface area (Å²) in [5.74, 6) is -0.641. The number of hydrogen-bond donors (Lipinski definition) is 1. The van der Waals surface area contributed by atoms with Gasteiger partial charge in [0.05, 0.1) is 24.9 Å². The highest BCUT2D eigenvalue weighted by Crippen LogP contribution is 2.29. The molecule has 0 saturated carbocycles. The van der Waals surface area contributed by atoms with Gasteiger partial charge in [0.15, 0.2) is 6.10 Å². The lowest BCUT2D eigenvalue weighted by Gasteiger charge is -2.16. The highest BCUT2D eigenvalue weighted by molar-refractivity contribution is 6.33. The van der Waals surface area contributed by atoms with Crippen molar-refractivity contribution in [1.29, 1.82) is 0 Å². The molecule has 0 radical (unpaired) electrons. The van der Waals surface area contributed by atoms with Gasteiger partial charge in [-0.3, -0.25) is 4.79 Å². The Hall–Kier alpha value is -2.73.